The molecule has 1 amide bonds. The largest absolute Gasteiger partial charge is 0.454 e. The molecule has 1 aromatic heterocycles. The first-order valence-electron chi connectivity index (χ1n) is 8.86. The molecule has 26 heavy (non-hydrogen) atoms. The SMILES string of the molecule is C[C@H](CC(=O)N[C@H](C)c1ccc2c(c1)OCO2)c1c[nH]c2ccccc12. The number of carbonyl (C=O) groups excluding carboxylic acids is 1. The number of hydrogen-bond acceptors (Lipinski definition) is 3. The molecule has 0 spiro atoms. The molecule has 4 rings (SSSR count). The van der Waals surface area contributed by atoms with Crippen LogP contribution in [0, 0.1) is 0 Å². The smallest absolute Gasteiger partial charge is 0.231 e. The molecule has 5 heteroatoms. The average molecular weight is 350 g/mol. The fourth-order valence-corrected chi connectivity index (χ4v) is 3.46. The summed E-state index contributed by atoms with van der Waals surface area (Å²) in [5.41, 5.74) is 3.28. The molecule has 0 aliphatic carbocycles. The van der Waals surface area contributed by atoms with Gasteiger partial charge in [0.15, 0.2) is 11.5 Å². The lowest BCUT2D eigenvalue weighted by Gasteiger charge is -2.17. The first-order chi connectivity index (χ1) is 12.6. The molecule has 134 valence electrons. The highest BCUT2D eigenvalue weighted by Gasteiger charge is 2.19. The van der Waals surface area contributed by atoms with Gasteiger partial charge >= 0.3 is 0 Å². The van der Waals surface area contributed by atoms with Gasteiger partial charge in [-0.05, 0) is 42.2 Å². The standard InChI is InChI=1S/C21H22N2O3/c1-13(17-11-22-18-6-4-3-5-16(17)18)9-21(24)23-14(2)15-7-8-19-20(10-15)26-12-25-19/h3-8,10-11,13-14,22H,9,12H2,1-2H3,(H,23,24)/t13-,14-/m1/s1. The highest BCUT2D eigenvalue weighted by Crippen LogP contribution is 2.34. The Morgan fingerprint density at radius 1 is 1.15 bits per heavy atom. The van der Waals surface area contributed by atoms with Gasteiger partial charge in [-0.1, -0.05) is 31.2 Å². The summed E-state index contributed by atoms with van der Waals surface area (Å²) >= 11 is 0. The molecule has 0 saturated carbocycles. The van der Waals surface area contributed by atoms with Crippen LogP contribution in [0.2, 0.25) is 0 Å². The molecule has 2 atom stereocenters. The van der Waals surface area contributed by atoms with Crippen LogP contribution in [0.1, 0.15) is 43.4 Å². The predicted molar refractivity (Wildman–Crippen MR) is 100 cm³/mol. The molecule has 0 unspecified atom stereocenters. The van der Waals surface area contributed by atoms with E-state index >= 15 is 0 Å². The zero-order chi connectivity index (χ0) is 18.1. The zero-order valence-electron chi connectivity index (χ0n) is 14.9. The van der Waals surface area contributed by atoms with Gasteiger partial charge in [0.2, 0.25) is 12.7 Å². The van der Waals surface area contributed by atoms with E-state index in [4.69, 9.17) is 9.47 Å². The van der Waals surface area contributed by atoms with Crippen molar-refractivity contribution in [2.24, 2.45) is 0 Å². The molecule has 5 nitrogen and oxygen atoms in total. The zero-order valence-corrected chi connectivity index (χ0v) is 14.9. The van der Waals surface area contributed by atoms with Gasteiger partial charge < -0.3 is 19.8 Å². The maximum Gasteiger partial charge on any atom is 0.231 e. The van der Waals surface area contributed by atoms with Crippen LogP contribution in [-0.2, 0) is 4.79 Å². The van der Waals surface area contributed by atoms with Gasteiger partial charge in [-0.3, -0.25) is 4.79 Å². The summed E-state index contributed by atoms with van der Waals surface area (Å²) in [4.78, 5) is 15.8. The summed E-state index contributed by atoms with van der Waals surface area (Å²) in [6.45, 7) is 4.31. The van der Waals surface area contributed by atoms with Crippen molar-refractivity contribution in [3.05, 3.63) is 59.8 Å². The summed E-state index contributed by atoms with van der Waals surface area (Å²) in [6.07, 6.45) is 2.45. The Bertz CT molecular complexity index is 947. The van der Waals surface area contributed by atoms with Crippen LogP contribution >= 0.6 is 0 Å². The van der Waals surface area contributed by atoms with Crippen molar-refractivity contribution in [2.45, 2.75) is 32.2 Å². The van der Waals surface area contributed by atoms with Gasteiger partial charge in [0.05, 0.1) is 6.04 Å². The molecule has 2 aromatic carbocycles. The van der Waals surface area contributed by atoms with E-state index in [1.165, 1.54) is 10.9 Å². The Balaban J connectivity index is 1.41. The number of para-hydroxylation sites is 1. The van der Waals surface area contributed by atoms with Crippen molar-refractivity contribution in [1.82, 2.24) is 10.3 Å². The van der Waals surface area contributed by atoms with Crippen LogP contribution in [0.5, 0.6) is 11.5 Å². The quantitative estimate of drug-likeness (QED) is 0.722. The van der Waals surface area contributed by atoms with Crippen LogP contribution in [0.3, 0.4) is 0 Å². The van der Waals surface area contributed by atoms with Crippen LogP contribution in [0.4, 0.5) is 0 Å². The summed E-state index contributed by atoms with van der Waals surface area (Å²) in [6, 6.07) is 13.8. The Kier molecular flexibility index (Phi) is 4.29. The van der Waals surface area contributed by atoms with Crippen molar-refractivity contribution in [3.63, 3.8) is 0 Å². The Hall–Kier alpha value is -2.95. The minimum Gasteiger partial charge on any atom is -0.454 e. The van der Waals surface area contributed by atoms with E-state index in [-0.39, 0.29) is 24.7 Å². The van der Waals surface area contributed by atoms with Crippen molar-refractivity contribution in [3.8, 4) is 11.5 Å². The molecular formula is C21H22N2O3. The van der Waals surface area contributed by atoms with E-state index in [1.54, 1.807) is 0 Å². The van der Waals surface area contributed by atoms with Crippen molar-refractivity contribution >= 4 is 16.8 Å². The van der Waals surface area contributed by atoms with Gasteiger partial charge in [0, 0.05) is 23.5 Å². The van der Waals surface area contributed by atoms with Gasteiger partial charge in [-0.25, -0.2) is 0 Å². The van der Waals surface area contributed by atoms with Crippen molar-refractivity contribution < 1.29 is 14.3 Å². The number of hydrogen-bond donors (Lipinski definition) is 2. The molecule has 3 aromatic rings. The molecular weight excluding hydrogens is 328 g/mol. The molecule has 1 aliphatic heterocycles. The van der Waals surface area contributed by atoms with E-state index in [1.807, 2.05) is 49.5 Å². The number of rotatable bonds is 5. The first-order valence-corrected chi connectivity index (χ1v) is 8.86. The number of nitrogens with one attached hydrogen (secondary N) is 2. The lowest BCUT2D eigenvalue weighted by atomic mass is 9.96. The minimum atomic E-state index is -0.0906. The second-order valence-electron chi connectivity index (χ2n) is 6.80. The van der Waals surface area contributed by atoms with Crippen molar-refractivity contribution in [2.75, 3.05) is 6.79 Å². The Labute approximate surface area is 152 Å². The van der Waals surface area contributed by atoms with Crippen LogP contribution in [0.15, 0.2) is 48.7 Å². The van der Waals surface area contributed by atoms with Crippen LogP contribution < -0.4 is 14.8 Å². The number of aromatic amines is 1. The number of benzene rings is 2. The molecule has 2 N–H and O–H groups in total. The second kappa shape index (κ2) is 6.75. The minimum absolute atomic E-state index is 0.0351. The number of aromatic nitrogens is 1. The third-order valence-electron chi connectivity index (χ3n) is 4.92. The highest BCUT2D eigenvalue weighted by atomic mass is 16.7. The normalized spacial score (nSPS) is 15.0. The average Bonchev–Trinajstić information content (AvgIpc) is 3.27. The van der Waals surface area contributed by atoms with Crippen molar-refractivity contribution in [1.29, 1.82) is 0 Å². The van der Waals surface area contributed by atoms with E-state index in [2.05, 4.69) is 23.3 Å². The van der Waals surface area contributed by atoms with Gasteiger partial charge in [-0.2, -0.15) is 0 Å². The Morgan fingerprint density at radius 3 is 2.85 bits per heavy atom. The molecule has 1 aliphatic rings. The number of fused-ring (bicyclic) bond motifs is 2. The number of amides is 1. The molecule has 0 bridgehead atoms. The Morgan fingerprint density at radius 2 is 1.96 bits per heavy atom. The molecule has 0 saturated heterocycles. The first kappa shape index (κ1) is 16.5. The maximum atomic E-state index is 12.5. The highest BCUT2D eigenvalue weighted by molar-refractivity contribution is 5.85. The fourth-order valence-electron chi connectivity index (χ4n) is 3.46. The van der Waals surface area contributed by atoms with Gasteiger partial charge in [0.25, 0.3) is 0 Å². The molecule has 2 heterocycles. The van der Waals surface area contributed by atoms with Gasteiger partial charge in [-0.15, -0.1) is 0 Å². The molecule has 0 fully saturated rings. The summed E-state index contributed by atoms with van der Waals surface area (Å²) in [5.74, 6) is 1.65. The lowest BCUT2D eigenvalue weighted by molar-refractivity contribution is -0.122. The monoisotopic (exact) mass is 350 g/mol. The third kappa shape index (κ3) is 3.12. The number of ether oxygens (including phenoxy) is 2. The summed E-state index contributed by atoms with van der Waals surface area (Å²) < 4.78 is 10.7. The fraction of sp³-hybridized carbons (Fsp3) is 0.286. The van der Waals surface area contributed by atoms with E-state index < -0.39 is 0 Å². The summed E-state index contributed by atoms with van der Waals surface area (Å²) in [5, 5.41) is 4.26. The molecule has 0 radical (unpaired) electrons. The lowest BCUT2D eigenvalue weighted by Crippen LogP contribution is -2.27. The summed E-state index contributed by atoms with van der Waals surface area (Å²) in [7, 11) is 0. The van der Waals surface area contributed by atoms with Gasteiger partial charge in [0.1, 0.15) is 0 Å². The number of carbonyl (C=O) groups is 1. The third-order valence-corrected chi connectivity index (χ3v) is 4.92. The van der Waals surface area contributed by atoms with Crippen LogP contribution in [0.25, 0.3) is 10.9 Å². The predicted octanol–water partition coefficient (Wildman–Crippen LogP) is 4.27. The second-order valence-corrected chi connectivity index (χ2v) is 6.80. The van der Waals surface area contributed by atoms with E-state index in [9.17, 15) is 4.79 Å². The van der Waals surface area contributed by atoms with Crippen LogP contribution in [-0.4, -0.2) is 17.7 Å². The number of H-pyrrole nitrogens is 1. The topological polar surface area (TPSA) is 63.4 Å². The van der Waals surface area contributed by atoms with E-state index in [0.717, 1.165) is 22.6 Å². The van der Waals surface area contributed by atoms with E-state index in [0.29, 0.717) is 6.42 Å². The maximum absolute atomic E-state index is 12.5.